The van der Waals surface area contributed by atoms with Gasteiger partial charge in [0.25, 0.3) is 15.9 Å². The number of carbonyl (C=O) groups is 2. The van der Waals surface area contributed by atoms with Crippen molar-refractivity contribution in [2.75, 3.05) is 22.7 Å². The lowest BCUT2D eigenvalue weighted by Gasteiger charge is -2.25. The van der Waals surface area contributed by atoms with E-state index in [-0.39, 0.29) is 22.7 Å². The van der Waals surface area contributed by atoms with E-state index < -0.39 is 50.8 Å². The van der Waals surface area contributed by atoms with Crippen molar-refractivity contribution in [3.8, 4) is 0 Å². The number of nitrogens with zero attached hydrogens (tertiary/aromatic N) is 1. The van der Waals surface area contributed by atoms with E-state index in [2.05, 4.69) is 17.2 Å². The van der Waals surface area contributed by atoms with Gasteiger partial charge in [0, 0.05) is 6.54 Å². The Kier molecular flexibility index (Phi) is 8.61. The number of alkyl halides is 3. The first-order valence-corrected chi connectivity index (χ1v) is 12.5. The minimum absolute atomic E-state index is 0.0817. The van der Waals surface area contributed by atoms with Gasteiger partial charge in [0.05, 0.1) is 32.4 Å². The van der Waals surface area contributed by atoms with Gasteiger partial charge in [-0.2, -0.15) is 13.2 Å². The molecule has 0 unspecified atom stereocenters. The summed E-state index contributed by atoms with van der Waals surface area (Å²) in [5.74, 6) is -1.41. The number of rotatable bonds is 9. The van der Waals surface area contributed by atoms with E-state index in [0.29, 0.717) is 10.4 Å². The Morgan fingerprint density at radius 3 is 2.30 bits per heavy atom. The number of amides is 2. The monoisotopic (exact) mass is 551 g/mol. The molecule has 0 aromatic heterocycles. The smallest absolute Gasteiger partial charge is 0.349 e. The van der Waals surface area contributed by atoms with E-state index in [1.165, 1.54) is 42.5 Å². The van der Waals surface area contributed by atoms with Crippen LogP contribution in [0, 0.1) is 0 Å². The number of hydrogen-bond donors (Lipinski definition) is 2. The molecular weight excluding hydrogens is 531 g/mol. The van der Waals surface area contributed by atoms with Crippen molar-refractivity contribution < 1.29 is 31.2 Å². The molecule has 0 bridgehead atoms. The van der Waals surface area contributed by atoms with Gasteiger partial charge in [-0.15, -0.1) is 6.58 Å². The van der Waals surface area contributed by atoms with Crippen LogP contribution in [0.15, 0.2) is 90.3 Å². The van der Waals surface area contributed by atoms with E-state index in [4.69, 9.17) is 11.6 Å². The topological polar surface area (TPSA) is 95.6 Å². The standard InChI is InChI=1S/C25H21ClF3N3O4S/c1-2-14-30-24(34)19-10-6-7-11-22(19)31-23(33)16-32(37(35,36)18-8-4-3-5-9-18)17-12-13-21(26)20(15-17)25(27,28)29/h2-13,15H,1,14,16H2,(H,30,34)(H,31,33). The van der Waals surface area contributed by atoms with E-state index in [1.54, 1.807) is 18.2 Å². The second-order valence-electron chi connectivity index (χ2n) is 7.58. The molecule has 0 fully saturated rings. The zero-order chi connectivity index (χ0) is 27.2. The lowest BCUT2D eigenvalue weighted by atomic mass is 10.1. The fourth-order valence-electron chi connectivity index (χ4n) is 3.29. The molecule has 3 rings (SSSR count). The molecule has 194 valence electrons. The quantitative estimate of drug-likeness (QED) is 0.361. The number of sulfonamides is 1. The molecule has 2 N–H and O–H groups in total. The summed E-state index contributed by atoms with van der Waals surface area (Å²) in [6.45, 7) is 2.79. The minimum Gasteiger partial charge on any atom is -0.349 e. The molecule has 12 heteroatoms. The molecule has 0 aliphatic heterocycles. The number of halogens is 4. The maximum Gasteiger partial charge on any atom is 0.417 e. The van der Waals surface area contributed by atoms with Crippen LogP contribution < -0.4 is 14.9 Å². The molecule has 0 spiro atoms. The molecule has 0 aliphatic rings. The highest BCUT2D eigenvalue weighted by molar-refractivity contribution is 7.92. The number of hydrogen-bond acceptors (Lipinski definition) is 4. The third-order valence-electron chi connectivity index (χ3n) is 5.01. The molecule has 0 heterocycles. The summed E-state index contributed by atoms with van der Waals surface area (Å²) in [7, 11) is -4.48. The average Bonchev–Trinajstić information content (AvgIpc) is 2.86. The summed E-state index contributed by atoms with van der Waals surface area (Å²) < 4.78 is 67.9. The summed E-state index contributed by atoms with van der Waals surface area (Å²) in [5.41, 5.74) is -1.50. The zero-order valence-corrected chi connectivity index (χ0v) is 20.7. The molecule has 0 saturated heterocycles. The summed E-state index contributed by atoms with van der Waals surface area (Å²) in [6.07, 6.45) is -3.40. The molecular formula is C25H21ClF3N3O4S. The van der Waals surface area contributed by atoms with Gasteiger partial charge in [-0.3, -0.25) is 13.9 Å². The lowest BCUT2D eigenvalue weighted by molar-refractivity contribution is -0.137. The molecule has 0 saturated carbocycles. The fraction of sp³-hybridized carbons (Fsp3) is 0.120. The van der Waals surface area contributed by atoms with Gasteiger partial charge in [0.2, 0.25) is 5.91 Å². The molecule has 7 nitrogen and oxygen atoms in total. The van der Waals surface area contributed by atoms with Crippen molar-refractivity contribution in [1.29, 1.82) is 0 Å². The Morgan fingerprint density at radius 1 is 1.00 bits per heavy atom. The van der Waals surface area contributed by atoms with E-state index >= 15 is 0 Å². The van der Waals surface area contributed by atoms with Gasteiger partial charge in [-0.1, -0.05) is 48.0 Å². The number of anilines is 2. The maximum absolute atomic E-state index is 13.5. The lowest BCUT2D eigenvalue weighted by Crippen LogP contribution is -2.38. The Balaban J connectivity index is 2.01. The van der Waals surface area contributed by atoms with Gasteiger partial charge in [-0.05, 0) is 42.5 Å². The second-order valence-corrected chi connectivity index (χ2v) is 9.85. The van der Waals surface area contributed by atoms with E-state index in [0.717, 1.165) is 12.1 Å². The predicted octanol–water partition coefficient (Wildman–Crippen LogP) is 5.11. The predicted molar refractivity (Wildman–Crippen MR) is 135 cm³/mol. The third kappa shape index (κ3) is 6.69. The van der Waals surface area contributed by atoms with Crippen LogP contribution >= 0.6 is 11.6 Å². The van der Waals surface area contributed by atoms with Crippen molar-refractivity contribution >= 4 is 44.8 Å². The number of para-hydroxylation sites is 1. The molecule has 2 amide bonds. The highest BCUT2D eigenvalue weighted by Gasteiger charge is 2.35. The van der Waals surface area contributed by atoms with Gasteiger partial charge in [-0.25, -0.2) is 8.42 Å². The van der Waals surface area contributed by atoms with Gasteiger partial charge in [0.15, 0.2) is 0 Å². The van der Waals surface area contributed by atoms with Crippen molar-refractivity contribution in [3.05, 3.63) is 102 Å². The molecule has 37 heavy (non-hydrogen) atoms. The third-order valence-corrected chi connectivity index (χ3v) is 7.13. The van der Waals surface area contributed by atoms with Gasteiger partial charge >= 0.3 is 6.18 Å². The highest BCUT2D eigenvalue weighted by Crippen LogP contribution is 2.38. The van der Waals surface area contributed by atoms with Crippen LogP contribution in [0.25, 0.3) is 0 Å². The fourth-order valence-corrected chi connectivity index (χ4v) is 4.95. The Morgan fingerprint density at radius 2 is 1.65 bits per heavy atom. The van der Waals surface area contributed by atoms with Crippen LogP contribution in [0.4, 0.5) is 24.5 Å². The SMILES string of the molecule is C=CCNC(=O)c1ccccc1NC(=O)CN(c1ccc(Cl)c(C(F)(F)F)c1)S(=O)(=O)c1ccccc1. The largest absolute Gasteiger partial charge is 0.417 e. The number of benzene rings is 3. The minimum atomic E-state index is -4.87. The first-order chi connectivity index (χ1) is 17.4. The van der Waals surface area contributed by atoms with Crippen LogP contribution in [0.1, 0.15) is 15.9 Å². The summed E-state index contributed by atoms with van der Waals surface area (Å²) in [6, 6.07) is 15.5. The number of carbonyl (C=O) groups excluding carboxylic acids is 2. The van der Waals surface area contributed by atoms with Crippen molar-refractivity contribution in [1.82, 2.24) is 5.32 Å². The van der Waals surface area contributed by atoms with Crippen LogP contribution in [0.3, 0.4) is 0 Å². The maximum atomic E-state index is 13.5. The Bertz CT molecular complexity index is 1410. The normalized spacial score (nSPS) is 11.5. The van der Waals surface area contributed by atoms with Gasteiger partial charge < -0.3 is 10.6 Å². The highest BCUT2D eigenvalue weighted by atomic mass is 35.5. The Labute approximate surface area is 216 Å². The van der Waals surface area contributed by atoms with E-state index in [1.807, 2.05) is 0 Å². The number of nitrogens with one attached hydrogen (secondary N) is 2. The average molecular weight is 552 g/mol. The first-order valence-electron chi connectivity index (χ1n) is 10.7. The van der Waals surface area contributed by atoms with Crippen molar-refractivity contribution in [2.45, 2.75) is 11.1 Å². The summed E-state index contributed by atoms with van der Waals surface area (Å²) in [4.78, 5) is 25.2. The molecule has 0 radical (unpaired) electrons. The van der Waals surface area contributed by atoms with E-state index in [9.17, 15) is 31.2 Å². The van der Waals surface area contributed by atoms with Crippen LogP contribution in [0.5, 0.6) is 0 Å². The van der Waals surface area contributed by atoms with Gasteiger partial charge in [0.1, 0.15) is 6.54 Å². The van der Waals surface area contributed by atoms with Crippen molar-refractivity contribution in [3.63, 3.8) is 0 Å². The van der Waals surface area contributed by atoms with Crippen LogP contribution in [0.2, 0.25) is 5.02 Å². The van der Waals surface area contributed by atoms with Crippen LogP contribution in [-0.2, 0) is 21.0 Å². The summed E-state index contributed by atoms with van der Waals surface area (Å²) >= 11 is 5.70. The molecule has 3 aromatic carbocycles. The zero-order valence-electron chi connectivity index (χ0n) is 19.1. The van der Waals surface area contributed by atoms with Crippen molar-refractivity contribution in [2.24, 2.45) is 0 Å². The Hall–Kier alpha value is -3.83. The second kappa shape index (κ2) is 11.5. The molecule has 3 aromatic rings. The first kappa shape index (κ1) is 27.8. The molecule has 0 aliphatic carbocycles. The molecule has 0 atom stereocenters. The van der Waals surface area contributed by atoms with Crippen LogP contribution in [-0.4, -0.2) is 33.3 Å². The summed E-state index contributed by atoms with van der Waals surface area (Å²) in [5, 5.41) is 4.41.